The Labute approximate surface area is 157 Å². The third kappa shape index (κ3) is 3.30. The van der Waals surface area contributed by atoms with Gasteiger partial charge in [-0.1, -0.05) is 12.1 Å². The van der Waals surface area contributed by atoms with Gasteiger partial charge in [-0.15, -0.1) is 0 Å². The van der Waals surface area contributed by atoms with Crippen molar-refractivity contribution in [3.05, 3.63) is 70.4 Å². The number of hydrogen-bond acceptors (Lipinski definition) is 1. The van der Waals surface area contributed by atoms with Crippen LogP contribution in [0.4, 0.5) is 22.0 Å². The van der Waals surface area contributed by atoms with Crippen molar-refractivity contribution in [1.29, 1.82) is 0 Å². The lowest BCUT2D eigenvalue weighted by Crippen LogP contribution is -2.26. The van der Waals surface area contributed by atoms with E-state index in [1.807, 2.05) is 4.57 Å². The Kier molecular flexibility index (Phi) is 4.28. The first-order valence-corrected chi connectivity index (χ1v) is 8.81. The Morgan fingerprint density at radius 3 is 2.43 bits per heavy atom. The molecular formula is C21H16F5NO. The standard InChI is InChI=1S/C21H16F5NO/c22-20(23)8-7-19-17(10-20)16-9-14(12-28)3-6-18(16)27(19)11-13-1-4-15(5-2-13)21(24,25)26/h1-6,9,12H,7-8,10-11H2. The van der Waals surface area contributed by atoms with Crippen molar-refractivity contribution in [2.45, 2.75) is 37.9 Å². The lowest BCUT2D eigenvalue weighted by Gasteiger charge is -2.23. The molecule has 146 valence electrons. The number of benzene rings is 2. The Hall–Kier alpha value is -2.70. The van der Waals surface area contributed by atoms with Crippen molar-refractivity contribution in [3.63, 3.8) is 0 Å². The topological polar surface area (TPSA) is 22.0 Å². The molecule has 0 fully saturated rings. The fourth-order valence-electron chi connectivity index (χ4n) is 3.86. The Balaban J connectivity index is 1.80. The van der Waals surface area contributed by atoms with Gasteiger partial charge in [0.05, 0.1) is 5.56 Å². The van der Waals surface area contributed by atoms with Gasteiger partial charge in [0.2, 0.25) is 0 Å². The van der Waals surface area contributed by atoms with Crippen molar-refractivity contribution in [1.82, 2.24) is 4.57 Å². The number of nitrogens with zero attached hydrogens (tertiary/aromatic N) is 1. The third-order valence-corrected chi connectivity index (χ3v) is 5.23. The van der Waals surface area contributed by atoms with E-state index in [0.717, 1.165) is 17.8 Å². The number of carbonyl (C=O) groups excluding carboxylic acids is 1. The summed E-state index contributed by atoms with van der Waals surface area (Å²) in [4.78, 5) is 11.1. The number of alkyl halides is 5. The molecule has 0 aliphatic heterocycles. The van der Waals surface area contributed by atoms with Crippen LogP contribution in [0.3, 0.4) is 0 Å². The van der Waals surface area contributed by atoms with E-state index in [2.05, 4.69) is 0 Å². The molecule has 0 atom stereocenters. The van der Waals surface area contributed by atoms with E-state index in [0.29, 0.717) is 33.9 Å². The number of carbonyl (C=O) groups is 1. The van der Waals surface area contributed by atoms with Crippen LogP contribution in [0, 0.1) is 0 Å². The normalized spacial score (nSPS) is 16.2. The molecule has 0 saturated carbocycles. The highest BCUT2D eigenvalue weighted by atomic mass is 19.4. The number of halogens is 5. The van der Waals surface area contributed by atoms with Crippen LogP contribution in [-0.2, 0) is 25.6 Å². The fourth-order valence-corrected chi connectivity index (χ4v) is 3.86. The molecule has 0 saturated heterocycles. The second-order valence-electron chi connectivity index (χ2n) is 7.13. The third-order valence-electron chi connectivity index (χ3n) is 5.23. The molecule has 0 bridgehead atoms. The molecule has 0 N–H and O–H groups in total. The van der Waals surface area contributed by atoms with Crippen LogP contribution in [0.25, 0.3) is 10.9 Å². The molecule has 1 aliphatic rings. The molecule has 0 spiro atoms. The maximum atomic E-state index is 14.0. The van der Waals surface area contributed by atoms with Gasteiger partial charge in [-0.2, -0.15) is 13.2 Å². The largest absolute Gasteiger partial charge is 0.416 e. The first kappa shape index (κ1) is 18.7. The molecular weight excluding hydrogens is 377 g/mol. The summed E-state index contributed by atoms with van der Waals surface area (Å²) in [5.41, 5.74) is 2.28. The minimum atomic E-state index is -4.41. The van der Waals surface area contributed by atoms with Gasteiger partial charge < -0.3 is 4.57 Å². The highest BCUT2D eigenvalue weighted by Crippen LogP contribution is 2.39. The zero-order chi connectivity index (χ0) is 20.1. The second kappa shape index (κ2) is 6.43. The van der Waals surface area contributed by atoms with Crippen LogP contribution in [0.1, 0.15) is 39.2 Å². The van der Waals surface area contributed by atoms with Gasteiger partial charge in [-0.05, 0) is 47.9 Å². The van der Waals surface area contributed by atoms with Gasteiger partial charge in [-0.3, -0.25) is 4.79 Å². The quantitative estimate of drug-likeness (QED) is 0.417. The van der Waals surface area contributed by atoms with Crippen molar-refractivity contribution in [2.75, 3.05) is 0 Å². The highest BCUT2D eigenvalue weighted by Gasteiger charge is 2.37. The minimum absolute atomic E-state index is 0.175. The van der Waals surface area contributed by atoms with Crippen LogP contribution in [0.15, 0.2) is 42.5 Å². The second-order valence-corrected chi connectivity index (χ2v) is 7.13. The number of fused-ring (bicyclic) bond motifs is 3. The van der Waals surface area contributed by atoms with Gasteiger partial charge in [-0.25, -0.2) is 8.78 Å². The van der Waals surface area contributed by atoms with Crippen LogP contribution in [0.2, 0.25) is 0 Å². The number of aromatic nitrogens is 1. The van der Waals surface area contributed by atoms with Crippen LogP contribution in [-0.4, -0.2) is 16.8 Å². The Morgan fingerprint density at radius 1 is 1.07 bits per heavy atom. The van der Waals surface area contributed by atoms with Gasteiger partial charge in [0, 0.05) is 41.5 Å². The number of rotatable bonds is 3. The fraction of sp³-hybridized carbons (Fsp3) is 0.286. The van der Waals surface area contributed by atoms with E-state index < -0.39 is 24.1 Å². The summed E-state index contributed by atoms with van der Waals surface area (Å²) < 4.78 is 68.2. The molecule has 7 heteroatoms. The Bertz CT molecular complexity index is 1050. The van der Waals surface area contributed by atoms with E-state index in [1.54, 1.807) is 18.2 Å². The predicted molar refractivity (Wildman–Crippen MR) is 94.8 cm³/mol. The summed E-state index contributed by atoms with van der Waals surface area (Å²) in [5.74, 6) is -2.81. The molecule has 1 heterocycles. The SMILES string of the molecule is O=Cc1ccc2c(c1)c1c(n2Cc2ccc(C(F)(F)F)cc2)CCC(F)(F)C1. The van der Waals surface area contributed by atoms with E-state index in [1.165, 1.54) is 12.1 Å². The summed E-state index contributed by atoms with van der Waals surface area (Å²) in [6, 6.07) is 9.77. The van der Waals surface area contributed by atoms with Gasteiger partial charge in [0.25, 0.3) is 5.92 Å². The zero-order valence-electron chi connectivity index (χ0n) is 14.7. The Morgan fingerprint density at radius 2 is 1.79 bits per heavy atom. The summed E-state index contributed by atoms with van der Waals surface area (Å²) in [5, 5.41) is 0.603. The van der Waals surface area contributed by atoms with Crippen LogP contribution in [0.5, 0.6) is 0 Å². The first-order valence-electron chi connectivity index (χ1n) is 8.81. The molecule has 4 rings (SSSR count). The summed E-state index contributed by atoms with van der Waals surface area (Å²) in [7, 11) is 0. The van der Waals surface area contributed by atoms with E-state index in [-0.39, 0.29) is 19.4 Å². The predicted octanol–water partition coefficient (Wildman–Crippen LogP) is 5.64. The number of hydrogen-bond donors (Lipinski definition) is 0. The molecule has 1 aromatic heterocycles. The maximum absolute atomic E-state index is 14.0. The van der Waals surface area contributed by atoms with Crippen molar-refractivity contribution < 1.29 is 26.7 Å². The lowest BCUT2D eigenvalue weighted by atomic mass is 9.92. The molecule has 28 heavy (non-hydrogen) atoms. The monoisotopic (exact) mass is 393 g/mol. The molecule has 2 nitrogen and oxygen atoms in total. The molecule has 1 aliphatic carbocycles. The molecule has 0 unspecified atom stereocenters. The van der Waals surface area contributed by atoms with Gasteiger partial charge in [0.15, 0.2) is 0 Å². The summed E-state index contributed by atoms with van der Waals surface area (Å²) in [6.45, 7) is 0.274. The number of aldehydes is 1. The van der Waals surface area contributed by atoms with E-state index in [4.69, 9.17) is 0 Å². The molecule has 2 aromatic carbocycles. The maximum Gasteiger partial charge on any atom is 0.416 e. The zero-order valence-corrected chi connectivity index (χ0v) is 14.7. The van der Waals surface area contributed by atoms with E-state index in [9.17, 15) is 26.7 Å². The van der Waals surface area contributed by atoms with Crippen molar-refractivity contribution in [3.8, 4) is 0 Å². The average molecular weight is 393 g/mol. The highest BCUT2D eigenvalue weighted by molar-refractivity contribution is 5.91. The molecule has 0 radical (unpaired) electrons. The van der Waals surface area contributed by atoms with Crippen molar-refractivity contribution >= 4 is 17.2 Å². The smallest absolute Gasteiger partial charge is 0.340 e. The average Bonchev–Trinajstić information content (AvgIpc) is 2.93. The lowest BCUT2D eigenvalue weighted by molar-refractivity contribution is -0.137. The molecule has 0 amide bonds. The van der Waals surface area contributed by atoms with Gasteiger partial charge in [0.1, 0.15) is 6.29 Å². The van der Waals surface area contributed by atoms with Crippen LogP contribution >= 0.6 is 0 Å². The van der Waals surface area contributed by atoms with E-state index >= 15 is 0 Å². The van der Waals surface area contributed by atoms with Crippen LogP contribution < -0.4 is 0 Å². The summed E-state index contributed by atoms with van der Waals surface area (Å²) >= 11 is 0. The van der Waals surface area contributed by atoms with Crippen molar-refractivity contribution in [2.24, 2.45) is 0 Å². The summed E-state index contributed by atoms with van der Waals surface area (Å²) in [6.07, 6.45) is -4.24. The minimum Gasteiger partial charge on any atom is -0.340 e. The first-order chi connectivity index (χ1) is 13.2. The van der Waals surface area contributed by atoms with Gasteiger partial charge >= 0.3 is 6.18 Å². The molecule has 3 aromatic rings.